The predicted molar refractivity (Wildman–Crippen MR) is 102 cm³/mol. The topological polar surface area (TPSA) is 15.8 Å². The summed E-state index contributed by atoms with van der Waals surface area (Å²) in [7, 11) is 0. The molecule has 0 radical (unpaired) electrons. The third-order valence-corrected chi connectivity index (χ3v) is 5.93. The number of fused-ring (bicyclic) bond motifs is 3. The Morgan fingerprint density at radius 2 is 1.09 bits per heavy atom. The third-order valence-electron chi connectivity index (χ3n) is 5.93. The summed E-state index contributed by atoms with van der Waals surface area (Å²) in [5.41, 5.74) is 5.77. The van der Waals surface area contributed by atoms with Crippen molar-refractivity contribution in [1.29, 1.82) is 0 Å². The highest BCUT2D eigenvalue weighted by Crippen LogP contribution is 2.35. The van der Waals surface area contributed by atoms with E-state index >= 15 is 0 Å². The fourth-order valence-electron chi connectivity index (χ4n) is 3.15. The normalized spacial score (nSPS) is 13.1. The van der Waals surface area contributed by atoms with Crippen LogP contribution in [0, 0.1) is 0 Å². The van der Waals surface area contributed by atoms with Gasteiger partial charge in [-0.3, -0.25) is 0 Å². The van der Waals surface area contributed by atoms with E-state index in [0.29, 0.717) is 0 Å². The Bertz CT molecular complexity index is 779. The first-order chi connectivity index (χ1) is 10.8. The Hall–Kier alpha value is -1.76. The maximum atomic E-state index is 3.57. The summed E-state index contributed by atoms with van der Waals surface area (Å²) in [5.74, 6) is 0. The molecule has 0 unspecified atom stereocenters. The number of aromatic nitrogens is 1. The maximum absolute atomic E-state index is 3.57. The number of benzene rings is 2. The summed E-state index contributed by atoms with van der Waals surface area (Å²) in [5, 5.41) is 2.71. The van der Waals surface area contributed by atoms with Crippen molar-refractivity contribution in [2.75, 3.05) is 0 Å². The van der Waals surface area contributed by atoms with Crippen molar-refractivity contribution >= 4 is 21.8 Å². The Morgan fingerprint density at radius 3 is 1.43 bits per heavy atom. The fourth-order valence-corrected chi connectivity index (χ4v) is 3.15. The molecule has 3 aromatic rings. The highest BCUT2D eigenvalue weighted by molar-refractivity contribution is 6.07. The molecule has 23 heavy (non-hydrogen) atoms. The number of hydrogen-bond acceptors (Lipinski definition) is 0. The number of aromatic amines is 1. The molecule has 0 spiro atoms. The monoisotopic (exact) mass is 307 g/mol. The van der Waals surface area contributed by atoms with Gasteiger partial charge in [0, 0.05) is 21.8 Å². The van der Waals surface area contributed by atoms with Crippen molar-refractivity contribution in [2.45, 2.75) is 65.2 Å². The molecule has 0 aliphatic carbocycles. The van der Waals surface area contributed by atoms with Crippen LogP contribution in [0.1, 0.15) is 65.5 Å². The molecule has 0 saturated heterocycles. The average Bonchev–Trinajstić information content (AvgIpc) is 2.91. The largest absolute Gasteiger partial charge is 0.355 e. The van der Waals surface area contributed by atoms with Gasteiger partial charge < -0.3 is 4.98 Å². The first-order valence-electron chi connectivity index (χ1n) is 8.85. The zero-order valence-corrected chi connectivity index (χ0v) is 15.4. The van der Waals surface area contributed by atoms with Crippen LogP contribution in [-0.4, -0.2) is 4.98 Å². The van der Waals surface area contributed by atoms with Crippen LogP contribution in [0.15, 0.2) is 36.4 Å². The van der Waals surface area contributed by atoms with E-state index in [-0.39, 0.29) is 10.8 Å². The molecule has 0 bridgehead atoms. The van der Waals surface area contributed by atoms with Crippen molar-refractivity contribution in [3.63, 3.8) is 0 Å². The van der Waals surface area contributed by atoms with E-state index in [0.717, 1.165) is 12.8 Å². The quantitative estimate of drug-likeness (QED) is 0.552. The lowest BCUT2D eigenvalue weighted by Crippen LogP contribution is -2.15. The van der Waals surface area contributed by atoms with Gasteiger partial charge in [-0.1, -0.05) is 53.7 Å². The predicted octanol–water partition coefficient (Wildman–Crippen LogP) is 6.70. The van der Waals surface area contributed by atoms with Crippen molar-refractivity contribution in [2.24, 2.45) is 0 Å². The highest BCUT2D eigenvalue weighted by atomic mass is 14.7. The molecule has 2 aromatic carbocycles. The van der Waals surface area contributed by atoms with Gasteiger partial charge in [-0.25, -0.2) is 0 Å². The second-order valence-corrected chi connectivity index (χ2v) is 8.12. The molecule has 0 aliphatic heterocycles. The van der Waals surface area contributed by atoms with Crippen molar-refractivity contribution < 1.29 is 0 Å². The van der Waals surface area contributed by atoms with Gasteiger partial charge in [0.1, 0.15) is 0 Å². The van der Waals surface area contributed by atoms with Crippen LogP contribution in [0.25, 0.3) is 21.8 Å². The Balaban J connectivity index is 2.25. The number of rotatable bonds is 4. The van der Waals surface area contributed by atoms with Gasteiger partial charge >= 0.3 is 0 Å². The molecule has 0 amide bonds. The second kappa shape index (κ2) is 5.40. The maximum Gasteiger partial charge on any atom is 0.0465 e. The van der Waals surface area contributed by atoms with Gasteiger partial charge in [0.05, 0.1) is 0 Å². The van der Waals surface area contributed by atoms with Crippen molar-refractivity contribution in [3.8, 4) is 0 Å². The van der Waals surface area contributed by atoms with E-state index in [1.165, 1.54) is 32.9 Å². The minimum Gasteiger partial charge on any atom is -0.355 e. The molecule has 1 aromatic heterocycles. The summed E-state index contributed by atoms with van der Waals surface area (Å²) < 4.78 is 0. The van der Waals surface area contributed by atoms with Gasteiger partial charge in [0.2, 0.25) is 0 Å². The van der Waals surface area contributed by atoms with Gasteiger partial charge in [-0.15, -0.1) is 0 Å². The molecule has 1 heterocycles. The van der Waals surface area contributed by atoms with Crippen LogP contribution in [0.5, 0.6) is 0 Å². The fraction of sp³-hybridized carbons (Fsp3) is 0.455. The number of hydrogen-bond donors (Lipinski definition) is 1. The molecule has 0 aliphatic rings. The van der Waals surface area contributed by atoms with E-state index in [4.69, 9.17) is 0 Å². The SMILES string of the molecule is CCC(C)(C)c1ccc2[nH]c3ccc(C(C)(C)CC)cc3c2c1. The first kappa shape index (κ1) is 16.1. The molecule has 0 saturated carbocycles. The van der Waals surface area contributed by atoms with Crippen LogP contribution in [0.2, 0.25) is 0 Å². The highest BCUT2D eigenvalue weighted by Gasteiger charge is 2.21. The van der Waals surface area contributed by atoms with Crippen LogP contribution in [0.4, 0.5) is 0 Å². The molecule has 0 fully saturated rings. The second-order valence-electron chi connectivity index (χ2n) is 8.12. The molecule has 1 heteroatoms. The molecule has 1 nitrogen and oxygen atoms in total. The van der Waals surface area contributed by atoms with E-state index in [1.807, 2.05) is 0 Å². The Labute approximate surface area is 140 Å². The van der Waals surface area contributed by atoms with E-state index in [2.05, 4.69) is 82.9 Å². The molecule has 122 valence electrons. The zero-order chi connectivity index (χ0) is 16.8. The number of nitrogens with one attached hydrogen (secondary N) is 1. The van der Waals surface area contributed by atoms with Crippen LogP contribution in [-0.2, 0) is 10.8 Å². The lowest BCUT2D eigenvalue weighted by molar-refractivity contribution is 0.506. The van der Waals surface area contributed by atoms with Gasteiger partial charge in [-0.05, 0) is 59.1 Å². The first-order valence-corrected chi connectivity index (χ1v) is 8.85. The summed E-state index contributed by atoms with van der Waals surface area (Å²) in [6.45, 7) is 13.8. The van der Waals surface area contributed by atoms with Gasteiger partial charge in [0.25, 0.3) is 0 Å². The Kier molecular flexibility index (Phi) is 3.78. The minimum absolute atomic E-state index is 0.220. The van der Waals surface area contributed by atoms with E-state index < -0.39 is 0 Å². The van der Waals surface area contributed by atoms with E-state index in [9.17, 15) is 0 Å². The summed E-state index contributed by atoms with van der Waals surface area (Å²) in [4.78, 5) is 3.57. The average molecular weight is 307 g/mol. The lowest BCUT2D eigenvalue weighted by Gasteiger charge is -2.24. The number of H-pyrrole nitrogens is 1. The summed E-state index contributed by atoms with van der Waals surface area (Å²) in [6.07, 6.45) is 2.30. The third kappa shape index (κ3) is 2.67. The summed E-state index contributed by atoms with van der Waals surface area (Å²) in [6, 6.07) is 13.8. The molecule has 3 rings (SSSR count). The van der Waals surface area contributed by atoms with Gasteiger partial charge in [-0.2, -0.15) is 0 Å². The minimum atomic E-state index is 0.220. The van der Waals surface area contributed by atoms with Gasteiger partial charge in [0.15, 0.2) is 0 Å². The van der Waals surface area contributed by atoms with E-state index in [1.54, 1.807) is 0 Å². The molecular formula is C22H29N. The summed E-state index contributed by atoms with van der Waals surface area (Å²) >= 11 is 0. The Morgan fingerprint density at radius 1 is 0.696 bits per heavy atom. The molecule has 1 N–H and O–H groups in total. The molecule has 0 atom stereocenters. The van der Waals surface area contributed by atoms with Crippen molar-refractivity contribution in [3.05, 3.63) is 47.5 Å². The van der Waals surface area contributed by atoms with Crippen LogP contribution in [0.3, 0.4) is 0 Å². The smallest absolute Gasteiger partial charge is 0.0465 e. The van der Waals surface area contributed by atoms with Crippen LogP contribution >= 0.6 is 0 Å². The van der Waals surface area contributed by atoms with Crippen molar-refractivity contribution in [1.82, 2.24) is 4.98 Å². The standard InChI is InChI=1S/C22H29N/c1-7-21(3,4)15-9-11-19-17(13-15)18-14-16(22(5,6)8-2)10-12-20(18)23-19/h9-14,23H,7-8H2,1-6H3. The zero-order valence-electron chi connectivity index (χ0n) is 15.4. The lowest BCUT2D eigenvalue weighted by atomic mass is 9.81. The molecular weight excluding hydrogens is 278 g/mol. The van der Waals surface area contributed by atoms with Crippen LogP contribution < -0.4 is 0 Å².